The summed E-state index contributed by atoms with van der Waals surface area (Å²) < 4.78 is 4.65. The van der Waals surface area contributed by atoms with Gasteiger partial charge in [0.2, 0.25) is 5.52 Å². The lowest BCUT2D eigenvalue weighted by Gasteiger charge is -2.08. The number of nitrogens with one attached hydrogen (secondary N) is 2. The van der Waals surface area contributed by atoms with Gasteiger partial charge in [0.1, 0.15) is 5.82 Å². The van der Waals surface area contributed by atoms with Gasteiger partial charge < -0.3 is 10.6 Å². The predicted octanol–water partition coefficient (Wildman–Crippen LogP) is 3.30. The molecule has 0 aliphatic carbocycles. The van der Waals surface area contributed by atoms with Crippen LogP contribution in [0.5, 0.6) is 0 Å². The highest BCUT2D eigenvalue weighted by molar-refractivity contribution is 5.93. The Bertz CT molecular complexity index is 1160. The quantitative estimate of drug-likeness (QED) is 0.282. The van der Waals surface area contributed by atoms with E-state index < -0.39 is 4.92 Å². The fourth-order valence-electron chi connectivity index (χ4n) is 2.86. The van der Waals surface area contributed by atoms with Crippen molar-refractivity contribution in [2.75, 3.05) is 23.7 Å². The number of hydrogen-bond donors (Lipinski definition) is 2. The number of nitrogens with zero attached hydrogens (tertiary/aromatic N) is 5. The molecule has 10 nitrogen and oxygen atoms in total. The highest BCUT2D eigenvalue weighted by atomic mass is 16.6. The van der Waals surface area contributed by atoms with Crippen LogP contribution in [0.4, 0.5) is 17.2 Å². The first-order valence-electron chi connectivity index (χ1n) is 8.73. The third-order valence-corrected chi connectivity index (χ3v) is 4.26. The molecule has 0 bridgehead atoms. The van der Waals surface area contributed by atoms with Crippen molar-refractivity contribution in [3.8, 4) is 0 Å². The SMILES string of the molecule is Cc1ccc2ccc(NCCCNc3ccc([N+](=O)[O-])c4nonc34)nc2n1. The summed E-state index contributed by atoms with van der Waals surface area (Å²) in [5, 5.41) is 25.9. The van der Waals surface area contributed by atoms with Crippen molar-refractivity contribution in [3.63, 3.8) is 0 Å². The minimum atomic E-state index is -0.507. The van der Waals surface area contributed by atoms with E-state index in [0.717, 1.165) is 29.0 Å². The van der Waals surface area contributed by atoms with E-state index in [9.17, 15) is 10.1 Å². The van der Waals surface area contributed by atoms with Gasteiger partial charge in [0.25, 0.3) is 0 Å². The molecule has 1 aromatic carbocycles. The molecule has 4 rings (SSSR count). The predicted molar refractivity (Wildman–Crippen MR) is 104 cm³/mol. The Morgan fingerprint density at radius 2 is 1.79 bits per heavy atom. The molecule has 10 heteroatoms. The lowest BCUT2D eigenvalue weighted by Crippen LogP contribution is -2.10. The molecule has 2 N–H and O–H groups in total. The second-order valence-corrected chi connectivity index (χ2v) is 6.25. The van der Waals surface area contributed by atoms with Crippen LogP contribution in [-0.4, -0.2) is 38.3 Å². The summed E-state index contributed by atoms with van der Waals surface area (Å²) in [6, 6.07) is 10.9. The first kappa shape index (κ1) is 17.6. The minimum Gasteiger partial charge on any atom is -0.383 e. The lowest BCUT2D eigenvalue weighted by atomic mass is 10.2. The molecule has 142 valence electrons. The molecule has 0 aliphatic rings. The van der Waals surface area contributed by atoms with E-state index in [-0.39, 0.29) is 11.2 Å². The third-order valence-electron chi connectivity index (χ3n) is 4.26. The lowest BCUT2D eigenvalue weighted by molar-refractivity contribution is -0.383. The zero-order valence-electron chi connectivity index (χ0n) is 15.0. The zero-order chi connectivity index (χ0) is 19.5. The van der Waals surface area contributed by atoms with Crippen LogP contribution in [0, 0.1) is 17.0 Å². The van der Waals surface area contributed by atoms with Gasteiger partial charge in [-0.15, -0.1) is 0 Å². The molecule has 0 unspecified atom stereocenters. The number of aromatic nitrogens is 4. The van der Waals surface area contributed by atoms with Crippen LogP contribution >= 0.6 is 0 Å². The van der Waals surface area contributed by atoms with Gasteiger partial charge in [0, 0.05) is 30.2 Å². The number of pyridine rings is 2. The minimum absolute atomic E-state index is 0.130. The van der Waals surface area contributed by atoms with Crippen molar-refractivity contribution >= 4 is 39.3 Å². The summed E-state index contributed by atoms with van der Waals surface area (Å²) in [6.45, 7) is 3.27. The molecule has 0 aliphatic heterocycles. The summed E-state index contributed by atoms with van der Waals surface area (Å²) in [4.78, 5) is 19.5. The summed E-state index contributed by atoms with van der Waals surface area (Å²) in [7, 11) is 0. The Balaban J connectivity index is 1.34. The number of anilines is 2. The Morgan fingerprint density at radius 1 is 1.00 bits per heavy atom. The van der Waals surface area contributed by atoms with Gasteiger partial charge in [-0.3, -0.25) is 10.1 Å². The standard InChI is InChI=1S/C18H17N7O3/c1-11-3-4-12-5-8-15(22-18(12)21-11)20-10-2-9-19-13-6-7-14(25(26)27)17-16(13)23-28-24-17/h3-8,19H,2,9-10H2,1H3,(H,20,21,22). The smallest absolute Gasteiger partial charge is 0.300 e. The molecule has 0 spiro atoms. The Kier molecular flexibility index (Phi) is 4.67. The van der Waals surface area contributed by atoms with Crippen molar-refractivity contribution in [3.05, 3.63) is 52.2 Å². The van der Waals surface area contributed by atoms with Crippen LogP contribution in [0.2, 0.25) is 0 Å². The fourth-order valence-corrected chi connectivity index (χ4v) is 2.86. The monoisotopic (exact) mass is 379 g/mol. The number of aryl methyl sites for hydroxylation is 1. The van der Waals surface area contributed by atoms with Gasteiger partial charge in [-0.05, 0) is 54.0 Å². The van der Waals surface area contributed by atoms with Crippen molar-refractivity contribution in [1.82, 2.24) is 20.3 Å². The maximum absolute atomic E-state index is 11.0. The number of non-ortho nitro benzene ring substituents is 1. The summed E-state index contributed by atoms with van der Waals surface area (Å²) >= 11 is 0. The topological polar surface area (TPSA) is 132 Å². The third kappa shape index (κ3) is 3.52. The number of fused-ring (bicyclic) bond motifs is 2. The number of nitro benzene ring substituents is 1. The average molecular weight is 379 g/mol. The molecule has 0 saturated heterocycles. The van der Waals surface area contributed by atoms with E-state index in [1.54, 1.807) is 6.07 Å². The van der Waals surface area contributed by atoms with Crippen molar-refractivity contribution in [1.29, 1.82) is 0 Å². The summed E-state index contributed by atoms with van der Waals surface area (Å²) in [6.07, 6.45) is 0.796. The van der Waals surface area contributed by atoms with Crippen LogP contribution in [0.3, 0.4) is 0 Å². The molecule has 0 atom stereocenters. The Labute approximate surface area is 159 Å². The van der Waals surface area contributed by atoms with Crippen LogP contribution in [0.15, 0.2) is 41.0 Å². The molecule has 0 saturated carbocycles. The van der Waals surface area contributed by atoms with Gasteiger partial charge in [0.05, 0.1) is 10.6 Å². The molecule has 0 fully saturated rings. The van der Waals surface area contributed by atoms with E-state index in [2.05, 4.69) is 35.5 Å². The first-order valence-corrected chi connectivity index (χ1v) is 8.73. The Hall–Kier alpha value is -3.82. The van der Waals surface area contributed by atoms with Crippen LogP contribution < -0.4 is 10.6 Å². The van der Waals surface area contributed by atoms with Crippen molar-refractivity contribution in [2.24, 2.45) is 0 Å². The van der Waals surface area contributed by atoms with Crippen LogP contribution in [0.1, 0.15) is 12.1 Å². The fraction of sp³-hybridized carbons (Fsp3) is 0.222. The molecule has 28 heavy (non-hydrogen) atoms. The van der Waals surface area contributed by atoms with Gasteiger partial charge in [0.15, 0.2) is 11.2 Å². The second-order valence-electron chi connectivity index (χ2n) is 6.25. The molecular weight excluding hydrogens is 362 g/mol. The largest absolute Gasteiger partial charge is 0.383 e. The highest BCUT2D eigenvalue weighted by Crippen LogP contribution is 2.28. The van der Waals surface area contributed by atoms with E-state index in [0.29, 0.717) is 24.3 Å². The normalized spacial score (nSPS) is 11.0. The van der Waals surface area contributed by atoms with Gasteiger partial charge in [-0.2, -0.15) is 0 Å². The van der Waals surface area contributed by atoms with Gasteiger partial charge in [-0.1, -0.05) is 0 Å². The molecule has 0 radical (unpaired) electrons. The van der Waals surface area contributed by atoms with E-state index in [4.69, 9.17) is 0 Å². The van der Waals surface area contributed by atoms with E-state index >= 15 is 0 Å². The summed E-state index contributed by atoms with van der Waals surface area (Å²) in [5.41, 5.74) is 2.64. The van der Waals surface area contributed by atoms with E-state index in [1.807, 2.05) is 31.2 Å². The van der Waals surface area contributed by atoms with Gasteiger partial charge in [-0.25, -0.2) is 14.6 Å². The zero-order valence-corrected chi connectivity index (χ0v) is 15.0. The number of rotatable bonds is 7. The molecular formula is C18H17N7O3. The van der Waals surface area contributed by atoms with Crippen LogP contribution in [0.25, 0.3) is 22.1 Å². The maximum Gasteiger partial charge on any atom is 0.300 e. The number of nitro groups is 1. The van der Waals surface area contributed by atoms with Crippen molar-refractivity contribution < 1.29 is 9.55 Å². The number of hydrogen-bond acceptors (Lipinski definition) is 9. The maximum atomic E-state index is 11.0. The second kappa shape index (κ2) is 7.43. The Morgan fingerprint density at radius 3 is 2.64 bits per heavy atom. The van der Waals surface area contributed by atoms with E-state index in [1.165, 1.54) is 6.07 Å². The molecule has 0 amide bonds. The summed E-state index contributed by atoms with van der Waals surface area (Å²) in [5.74, 6) is 0.768. The molecule has 4 aromatic rings. The first-order chi connectivity index (χ1) is 13.6. The molecule has 3 aromatic heterocycles. The highest BCUT2D eigenvalue weighted by Gasteiger charge is 2.19. The number of benzene rings is 1. The molecule has 3 heterocycles. The van der Waals surface area contributed by atoms with Crippen LogP contribution in [-0.2, 0) is 0 Å². The van der Waals surface area contributed by atoms with Crippen molar-refractivity contribution in [2.45, 2.75) is 13.3 Å². The van der Waals surface area contributed by atoms with Gasteiger partial charge >= 0.3 is 5.69 Å². The average Bonchev–Trinajstić information content (AvgIpc) is 3.17.